The number of aromatic nitrogens is 1. The predicted octanol–water partition coefficient (Wildman–Crippen LogP) is 13.3. The van der Waals surface area contributed by atoms with Gasteiger partial charge in [-0.3, -0.25) is 4.98 Å². The van der Waals surface area contributed by atoms with Crippen molar-refractivity contribution < 1.29 is 20.1 Å². The van der Waals surface area contributed by atoms with Gasteiger partial charge in [0, 0.05) is 25.5 Å². The van der Waals surface area contributed by atoms with Crippen LogP contribution in [0, 0.1) is 19.9 Å². The van der Waals surface area contributed by atoms with Crippen LogP contribution < -0.4 is 0 Å². The van der Waals surface area contributed by atoms with Crippen LogP contribution in [0.5, 0.6) is 0 Å². The molecular weight excluding hydrogens is 807 g/mol. The first-order chi connectivity index (χ1) is 24.9. The van der Waals surface area contributed by atoms with Crippen LogP contribution in [0.4, 0.5) is 0 Å². The Kier molecular flexibility index (Phi) is 10.4. The van der Waals surface area contributed by atoms with Crippen LogP contribution in [0.1, 0.15) is 72.9 Å². The van der Waals surface area contributed by atoms with E-state index in [1.807, 2.05) is 0 Å². The number of benzene rings is 6. The summed E-state index contributed by atoms with van der Waals surface area (Å²) >= 11 is 0. The van der Waals surface area contributed by atoms with E-state index >= 15 is 0 Å². The Bertz CT molecular complexity index is 2350. The number of hydrogen-bond donors (Lipinski definition) is 0. The summed E-state index contributed by atoms with van der Waals surface area (Å²) in [7, 11) is 0. The SMILES string of the molecule is Cc1cccc(C)c1-c1ccc2nc(-c3[c-]cc4c(c3)C(C)(C)c3ccccc3-4)cc(-c3cccc(CCCCCCc4ccccc4)c3)c2c1.[Ir]. The topological polar surface area (TPSA) is 12.9 Å². The van der Waals surface area contributed by atoms with E-state index in [4.69, 9.17) is 4.98 Å². The predicted molar refractivity (Wildman–Crippen MR) is 216 cm³/mol. The van der Waals surface area contributed by atoms with Crippen LogP contribution in [0.25, 0.3) is 55.5 Å². The first-order valence-corrected chi connectivity index (χ1v) is 18.7. The number of hydrogen-bond acceptors (Lipinski definition) is 1. The van der Waals surface area contributed by atoms with Crippen LogP contribution in [0.3, 0.4) is 0 Å². The number of fused-ring (bicyclic) bond motifs is 4. The number of nitrogens with zero attached hydrogens (tertiary/aromatic N) is 1. The molecular formula is C50H46IrN-. The van der Waals surface area contributed by atoms with Crippen LogP contribution in [0.15, 0.2) is 133 Å². The van der Waals surface area contributed by atoms with Gasteiger partial charge in [0.2, 0.25) is 0 Å². The zero-order valence-electron chi connectivity index (χ0n) is 30.7. The van der Waals surface area contributed by atoms with E-state index in [1.54, 1.807) is 0 Å². The van der Waals surface area contributed by atoms with E-state index in [2.05, 4.69) is 167 Å². The smallest absolute Gasteiger partial charge is 0.0602 e. The summed E-state index contributed by atoms with van der Waals surface area (Å²) in [4.78, 5) is 5.32. The normalized spacial score (nSPS) is 12.7. The van der Waals surface area contributed by atoms with Crippen molar-refractivity contribution in [2.75, 3.05) is 0 Å². The summed E-state index contributed by atoms with van der Waals surface area (Å²) in [5.41, 5.74) is 18.7. The average Bonchev–Trinajstić information content (AvgIpc) is 3.38. The van der Waals surface area contributed by atoms with Crippen molar-refractivity contribution in [3.63, 3.8) is 0 Å². The molecule has 0 saturated carbocycles. The fraction of sp³-hybridized carbons (Fsp3) is 0.220. The molecule has 6 aromatic carbocycles. The molecule has 0 aliphatic heterocycles. The second kappa shape index (κ2) is 15.2. The van der Waals surface area contributed by atoms with Crippen molar-refractivity contribution in [2.24, 2.45) is 0 Å². The molecule has 1 heterocycles. The molecule has 0 spiro atoms. The maximum atomic E-state index is 5.32. The fourth-order valence-electron chi connectivity index (χ4n) is 8.37. The van der Waals surface area contributed by atoms with Gasteiger partial charge in [0.1, 0.15) is 0 Å². The maximum absolute atomic E-state index is 5.32. The molecule has 261 valence electrons. The standard InChI is InChI=1S/C50H46N.Ir/c1-34-16-14-17-35(2)49(34)40-27-29-47-44(31-40)43(38-23-15-22-37(30-38)21-9-6-5-8-18-36-19-10-7-11-20-36)33-48(51-47)39-26-28-42-41-24-12-13-25-45(41)50(3,4)46(42)32-39;/h7,10-17,19-20,22-25,27-33H,5-6,8-9,18,21H2,1-4H3;/q-1;. The minimum atomic E-state index is -0.0777. The van der Waals surface area contributed by atoms with E-state index in [0.717, 1.165) is 23.2 Å². The molecule has 0 unspecified atom stereocenters. The zero-order chi connectivity index (χ0) is 35.0. The monoisotopic (exact) mass is 853 g/mol. The van der Waals surface area contributed by atoms with E-state index in [1.165, 1.54) is 104 Å². The van der Waals surface area contributed by atoms with Gasteiger partial charge in [-0.1, -0.05) is 147 Å². The molecule has 1 nitrogen and oxygen atoms in total. The summed E-state index contributed by atoms with van der Waals surface area (Å²) in [5.74, 6) is 0. The molecule has 0 saturated heterocycles. The van der Waals surface area contributed by atoms with Crippen molar-refractivity contribution in [3.05, 3.63) is 173 Å². The van der Waals surface area contributed by atoms with E-state index in [0.29, 0.717) is 0 Å². The van der Waals surface area contributed by atoms with Gasteiger partial charge in [0.15, 0.2) is 0 Å². The number of unbranched alkanes of at least 4 members (excludes halogenated alkanes) is 3. The minimum absolute atomic E-state index is 0. The van der Waals surface area contributed by atoms with E-state index < -0.39 is 0 Å². The second-order valence-corrected chi connectivity index (χ2v) is 15.0. The molecule has 1 aromatic heterocycles. The van der Waals surface area contributed by atoms with Crippen molar-refractivity contribution in [2.45, 2.75) is 71.6 Å². The molecule has 2 heteroatoms. The summed E-state index contributed by atoms with van der Waals surface area (Å²) in [5, 5.41) is 1.19. The third kappa shape index (κ3) is 6.95. The Morgan fingerprint density at radius 2 is 1.25 bits per heavy atom. The first kappa shape index (κ1) is 35.8. The van der Waals surface area contributed by atoms with Crippen molar-refractivity contribution in [3.8, 4) is 44.6 Å². The number of rotatable bonds is 10. The van der Waals surface area contributed by atoms with Gasteiger partial charge >= 0.3 is 0 Å². The Morgan fingerprint density at radius 3 is 2.04 bits per heavy atom. The first-order valence-electron chi connectivity index (χ1n) is 18.7. The van der Waals surface area contributed by atoms with Gasteiger partial charge in [0.05, 0.1) is 5.52 Å². The molecule has 1 radical (unpaired) electrons. The van der Waals surface area contributed by atoms with Crippen LogP contribution >= 0.6 is 0 Å². The fourth-order valence-corrected chi connectivity index (χ4v) is 8.37. The van der Waals surface area contributed by atoms with Crippen LogP contribution in [0.2, 0.25) is 0 Å². The largest absolute Gasteiger partial charge is 0.296 e. The Morgan fingerprint density at radius 1 is 0.558 bits per heavy atom. The van der Waals surface area contributed by atoms with E-state index in [-0.39, 0.29) is 25.5 Å². The van der Waals surface area contributed by atoms with E-state index in [9.17, 15) is 0 Å². The average molecular weight is 853 g/mol. The van der Waals surface area contributed by atoms with Crippen molar-refractivity contribution in [1.82, 2.24) is 4.98 Å². The molecule has 0 amide bonds. The second-order valence-electron chi connectivity index (χ2n) is 15.0. The molecule has 0 atom stereocenters. The van der Waals surface area contributed by atoms with Crippen molar-refractivity contribution in [1.29, 1.82) is 0 Å². The van der Waals surface area contributed by atoms with Crippen LogP contribution in [-0.4, -0.2) is 4.98 Å². The Hall–Kier alpha value is -4.62. The third-order valence-electron chi connectivity index (χ3n) is 11.1. The maximum Gasteiger partial charge on any atom is 0.0602 e. The van der Waals surface area contributed by atoms with Gasteiger partial charge in [-0.15, -0.1) is 29.3 Å². The Balaban J connectivity index is 0.00000420. The molecule has 52 heavy (non-hydrogen) atoms. The molecule has 1 aliphatic carbocycles. The minimum Gasteiger partial charge on any atom is -0.296 e. The summed E-state index contributed by atoms with van der Waals surface area (Å²) < 4.78 is 0. The van der Waals surface area contributed by atoms with Crippen LogP contribution in [-0.2, 0) is 38.4 Å². The van der Waals surface area contributed by atoms with Gasteiger partial charge in [-0.2, -0.15) is 0 Å². The van der Waals surface area contributed by atoms with Gasteiger partial charge in [-0.25, -0.2) is 0 Å². The summed E-state index contributed by atoms with van der Waals surface area (Å²) in [6.07, 6.45) is 7.25. The number of pyridine rings is 1. The molecule has 8 rings (SSSR count). The molecule has 1 aliphatic rings. The van der Waals surface area contributed by atoms with Gasteiger partial charge in [0.25, 0.3) is 0 Å². The molecule has 0 fully saturated rings. The molecule has 0 N–H and O–H groups in total. The zero-order valence-corrected chi connectivity index (χ0v) is 33.1. The number of aryl methyl sites for hydroxylation is 4. The summed E-state index contributed by atoms with van der Waals surface area (Å²) in [6, 6.07) is 52.8. The Labute approximate surface area is 323 Å². The van der Waals surface area contributed by atoms with Crippen molar-refractivity contribution >= 4 is 10.9 Å². The quantitative estimate of drug-likeness (QED) is 0.0987. The van der Waals surface area contributed by atoms with Gasteiger partial charge < -0.3 is 0 Å². The molecule has 0 bridgehead atoms. The third-order valence-corrected chi connectivity index (χ3v) is 11.1. The molecule has 7 aromatic rings. The van der Waals surface area contributed by atoms with Gasteiger partial charge in [-0.05, 0) is 113 Å². The summed E-state index contributed by atoms with van der Waals surface area (Å²) in [6.45, 7) is 9.10.